The maximum absolute atomic E-state index is 12.4. The van der Waals surface area contributed by atoms with Crippen LogP contribution in [0.4, 0.5) is 0 Å². The molecule has 128 valence electrons. The van der Waals surface area contributed by atoms with Crippen molar-refractivity contribution in [2.75, 3.05) is 0 Å². The highest BCUT2D eigenvalue weighted by Gasteiger charge is 2.21. The van der Waals surface area contributed by atoms with E-state index in [0.29, 0.717) is 5.92 Å². The van der Waals surface area contributed by atoms with Crippen LogP contribution in [0.3, 0.4) is 0 Å². The number of benzene rings is 1. The van der Waals surface area contributed by atoms with E-state index in [1.165, 1.54) is 16.9 Å². The average molecular weight is 343 g/mol. The van der Waals surface area contributed by atoms with Gasteiger partial charge < -0.3 is 10.4 Å². The molecule has 3 rings (SSSR count). The van der Waals surface area contributed by atoms with Gasteiger partial charge in [-0.3, -0.25) is 4.79 Å². The van der Waals surface area contributed by atoms with Crippen LogP contribution in [0.15, 0.2) is 36.4 Å². The van der Waals surface area contributed by atoms with Crippen molar-refractivity contribution < 1.29 is 9.90 Å². The van der Waals surface area contributed by atoms with Crippen molar-refractivity contribution in [3.8, 4) is 10.4 Å². The highest BCUT2D eigenvalue weighted by Crippen LogP contribution is 2.29. The topological polar surface area (TPSA) is 49.3 Å². The summed E-state index contributed by atoms with van der Waals surface area (Å²) in [5, 5.41) is 12.7. The van der Waals surface area contributed by atoms with E-state index >= 15 is 0 Å². The first-order valence-corrected chi connectivity index (χ1v) is 9.53. The lowest BCUT2D eigenvalue weighted by Gasteiger charge is -2.25. The number of thiophene rings is 1. The summed E-state index contributed by atoms with van der Waals surface area (Å²) in [5.41, 5.74) is 2.48. The number of amides is 1. The van der Waals surface area contributed by atoms with Gasteiger partial charge in [0, 0.05) is 10.9 Å². The van der Waals surface area contributed by atoms with Gasteiger partial charge in [-0.1, -0.05) is 38.1 Å². The second kappa shape index (κ2) is 7.49. The minimum absolute atomic E-state index is 0.00596. The summed E-state index contributed by atoms with van der Waals surface area (Å²) in [6, 6.07) is 12.7. The molecule has 3 nitrogen and oxygen atoms in total. The quantitative estimate of drug-likeness (QED) is 0.854. The third-order valence-electron chi connectivity index (χ3n) is 4.72. The van der Waals surface area contributed by atoms with Crippen molar-refractivity contribution in [1.29, 1.82) is 0 Å². The summed E-state index contributed by atoms with van der Waals surface area (Å²) in [4.78, 5) is 14.3. The Kier molecular flexibility index (Phi) is 5.36. The fourth-order valence-electron chi connectivity index (χ4n) is 3.12. The second-order valence-corrected chi connectivity index (χ2v) is 8.00. The van der Waals surface area contributed by atoms with Crippen LogP contribution in [-0.4, -0.2) is 23.2 Å². The Morgan fingerprint density at radius 3 is 2.38 bits per heavy atom. The predicted molar refractivity (Wildman–Crippen MR) is 99.6 cm³/mol. The maximum Gasteiger partial charge on any atom is 0.261 e. The highest BCUT2D eigenvalue weighted by molar-refractivity contribution is 7.17. The van der Waals surface area contributed by atoms with Gasteiger partial charge in [-0.05, 0) is 54.9 Å². The fourth-order valence-corrected chi connectivity index (χ4v) is 4.04. The molecule has 1 amide bonds. The minimum atomic E-state index is -0.194. The first-order chi connectivity index (χ1) is 11.5. The average Bonchev–Trinajstić information content (AvgIpc) is 3.07. The van der Waals surface area contributed by atoms with E-state index < -0.39 is 0 Å². The predicted octanol–water partition coefficient (Wildman–Crippen LogP) is 4.57. The van der Waals surface area contributed by atoms with E-state index in [2.05, 4.69) is 43.4 Å². The minimum Gasteiger partial charge on any atom is -0.393 e. The number of carbonyl (C=O) groups is 1. The molecule has 1 saturated carbocycles. The van der Waals surface area contributed by atoms with Crippen molar-refractivity contribution in [3.63, 3.8) is 0 Å². The van der Waals surface area contributed by atoms with E-state index in [9.17, 15) is 9.90 Å². The van der Waals surface area contributed by atoms with E-state index in [-0.39, 0.29) is 18.1 Å². The molecule has 1 aliphatic carbocycles. The molecule has 2 aromatic rings. The number of rotatable bonds is 4. The van der Waals surface area contributed by atoms with Gasteiger partial charge in [-0.25, -0.2) is 0 Å². The van der Waals surface area contributed by atoms with Crippen LogP contribution in [0.25, 0.3) is 10.4 Å². The molecule has 0 bridgehead atoms. The van der Waals surface area contributed by atoms with Crippen molar-refractivity contribution in [2.45, 2.75) is 57.6 Å². The lowest BCUT2D eigenvalue weighted by molar-refractivity contribution is 0.0871. The SMILES string of the molecule is CC(C)c1ccc(-c2ccc(C(=O)NC3CCC(O)CC3)s2)cc1. The van der Waals surface area contributed by atoms with Crippen molar-refractivity contribution in [2.24, 2.45) is 0 Å². The second-order valence-electron chi connectivity index (χ2n) is 6.92. The molecule has 0 unspecified atom stereocenters. The zero-order valence-corrected chi connectivity index (χ0v) is 15.1. The Hall–Kier alpha value is -1.65. The van der Waals surface area contributed by atoms with Gasteiger partial charge in [0.15, 0.2) is 0 Å². The zero-order chi connectivity index (χ0) is 17.1. The number of aliphatic hydroxyl groups excluding tert-OH is 1. The zero-order valence-electron chi connectivity index (χ0n) is 14.3. The molecule has 0 saturated heterocycles. The Morgan fingerprint density at radius 2 is 1.75 bits per heavy atom. The van der Waals surface area contributed by atoms with E-state index in [1.54, 1.807) is 0 Å². The Balaban J connectivity index is 1.65. The van der Waals surface area contributed by atoms with Gasteiger partial charge >= 0.3 is 0 Å². The number of nitrogens with one attached hydrogen (secondary N) is 1. The number of hydrogen-bond acceptors (Lipinski definition) is 3. The fraction of sp³-hybridized carbons (Fsp3) is 0.450. The largest absolute Gasteiger partial charge is 0.393 e. The number of aliphatic hydroxyl groups is 1. The molecular formula is C20H25NO2S. The molecule has 2 N–H and O–H groups in total. The maximum atomic E-state index is 12.4. The van der Waals surface area contributed by atoms with Crippen LogP contribution < -0.4 is 5.32 Å². The molecule has 0 atom stereocenters. The molecule has 0 spiro atoms. The van der Waals surface area contributed by atoms with Gasteiger partial charge in [-0.15, -0.1) is 11.3 Å². The normalized spacial score (nSPS) is 21.0. The molecule has 24 heavy (non-hydrogen) atoms. The van der Waals surface area contributed by atoms with E-state index in [1.807, 2.05) is 12.1 Å². The Labute approximate surface area is 147 Å². The lowest BCUT2D eigenvalue weighted by atomic mass is 9.93. The third-order valence-corrected chi connectivity index (χ3v) is 5.86. The standard InChI is InChI=1S/C20H25NO2S/c1-13(2)14-3-5-15(6-4-14)18-11-12-19(24-18)20(23)21-16-7-9-17(22)10-8-16/h3-6,11-13,16-17,22H,7-10H2,1-2H3,(H,21,23). The highest BCUT2D eigenvalue weighted by atomic mass is 32.1. The first-order valence-electron chi connectivity index (χ1n) is 8.72. The summed E-state index contributed by atoms with van der Waals surface area (Å²) in [6.45, 7) is 4.37. The van der Waals surface area contributed by atoms with Crippen molar-refractivity contribution in [1.82, 2.24) is 5.32 Å². The summed E-state index contributed by atoms with van der Waals surface area (Å²) in [6.07, 6.45) is 3.09. The van der Waals surface area contributed by atoms with Crippen LogP contribution >= 0.6 is 11.3 Å². The summed E-state index contributed by atoms with van der Waals surface area (Å²) >= 11 is 1.54. The monoisotopic (exact) mass is 343 g/mol. The molecule has 1 aliphatic rings. The number of carbonyl (C=O) groups excluding carboxylic acids is 1. The smallest absolute Gasteiger partial charge is 0.261 e. The van der Waals surface area contributed by atoms with Gasteiger partial charge in [0.1, 0.15) is 0 Å². The van der Waals surface area contributed by atoms with Crippen LogP contribution in [0, 0.1) is 0 Å². The molecule has 4 heteroatoms. The van der Waals surface area contributed by atoms with Crippen molar-refractivity contribution >= 4 is 17.2 Å². The number of hydrogen-bond donors (Lipinski definition) is 2. The molecule has 0 radical (unpaired) electrons. The third kappa shape index (κ3) is 4.05. The van der Waals surface area contributed by atoms with Crippen LogP contribution in [0.5, 0.6) is 0 Å². The lowest BCUT2D eigenvalue weighted by Crippen LogP contribution is -2.38. The van der Waals surface area contributed by atoms with Crippen LogP contribution in [0.1, 0.15) is 60.7 Å². The molecule has 1 fully saturated rings. The molecular weight excluding hydrogens is 318 g/mol. The molecule has 0 aliphatic heterocycles. The Bertz CT molecular complexity index is 682. The summed E-state index contributed by atoms with van der Waals surface area (Å²) in [5.74, 6) is 0.532. The van der Waals surface area contributed by atoms with Gasteiger partial charge in [0.2, 0.25) is 0 Å². The molecule has 1 aromatic carbocycles. The molecule has 1 aromatic heterocycles. The van der Waals surface area contributed by atoms with Gasteiger partial charge in [0.05, 0.1) is 11.0 Å². The van der Waals surface area contributed by atoms with Crippen molar-refractivity contribution in [3.05, 3.63) is 46.8 Å². The van der Waals surface area contributed by atoms with Gasteiger partial charge in [0.25, 0.3) is 5.91 Å². The summed E-state index contributed by atoms with van der Waals surface area (Å²) < 4.78 is 0. The Morgan fingerprint density at radius 1 is 1.08 bits per heavy atom. The first kappa shape index (κ1) is 17.2. The van der Waals surface area contributed by atoms with E-state index in [4.69, 9.17) is 0 Å². The molecule has 1 heterocycles. The van der Waals surface area contributed by atoms with Gasteiger partial charge in [-0.2, -0.15) is 0 Å². The van der Waals surface area contributed by atoms with Crippen LogP contribution in [0.2, 0.25) is 0 Å². The summed E-state index contributed by atoms with van der Waals surface area (Å²) in [7, 11) is 0. The van der Waals surface area contributed by atoms with E-state index in [0.717, 1.165) is 41.0 Å². The van der Waals surface area contributed by atoms with Crippen LogP contribution in [-0.2, 0) is 0 Å².